The average molecular weight is 434 g/mol. The van der Waals surface area contributed by atoms with Crippen molar-refractivity contribution in [2.24, 2.45) is 0 Å². The minimum Gasteiger partial charge on any atom is -0.508 e. The summed E-state index contributed by atoms with van der Waals surface area (Å²) >= 11 is 0. The maximum atomic E-state index is 13.4. The fourth-order valence-electron chi connectivity index (χ4n) is 5.07. The molecule has 1 atom stereocenters. The number of aromatic hydroxyl groups is 1. The van der Waals surface area contributed by atoms with Crippen LogP contribution in [0.3, 0.4) is 0 Å². The van der Waals surface area contributed by atoms with E-state index in [0.29, 0.717) is 46.7 Å². The van der Waals surface area contributed by atoms with Gasteiger partial charge in [0.05, 0.1) is 36.1 Å². The Morgan fingerprint density at radius 3 is 2.75 bits per heavy atom. The molecule has 1 aromatic carbocycles. The number of ether oxygens (including phenoxy) is 2. The van der Waals surface area contributed by atoms with E-state index in [1.165, 1.54) is 0 Å². The van der Waals surface area contributed by atoms with Crippen LogP contribution < -0.4 is 10.3 Å². The smallest absolute Gasteiger partial charge is 0.258 e. The van der Waals surface area contributed by atoms with E-state index in [-0.39, 0.29) is 29.6 Å². The molecule has 5 rings (SSSR count). The number of benzene rings is 1. The van der Waals surface area contributed by atoms with Crippen molar-refractivity contribution in [2.45, 2.75) is 51.9 Å². The minimum atomic E-state index is -1.43. The molecule has 32 heavy (non-hydrogen) atoms. The highest BCUT2D eigenvalue weighted by Crippen LogP contribution is 2.46. The number of pyridine rings is 2. The van der Waals surface area contributed by atoms with Gasteiger partial charge in [0.1, 0.15) is 29.5 Å². The monoisotopic (exact) mass is 434 g/mol. The molecule has 0 unspecified atom stereocenters. The lowest BCUT2D eigenvalue weighted by molar-refractivity contribution is -0.0172. The number of phenols is 1. The van der Waals surface area contributed by atoms with E-state index in [9.17, 15) is 15.0 Å². The predicted molar refractivity (Wildman–Crippen MR) is 121 cm³/mol. The summed E-state index contributed by atoms with van der Waals surface area (Å²) in [5.41, 5.74) is 2.82. The van der Waals surface area contributed by atoms with Crippen molar-refractivity contribution in [1.29, 1.82) is 0 Å². The topological polar surface area (TPSA) is 93.8 Å². The second kappa shape index (κ2) is 6.84. The number of methoxy groups -OCH3 is 1. The van der Waals surface area contributed by atoms with Gasteiger partial charge in [-0.1, -0.05) is 27.4 Å². The summed E-state index contributed by atoms with van der Waals surface area (Å²) in [5.74, 6) is 1.10. The van der Waals surface area contributed by atoms with E-state index < -0.39 is 5.60 Å². The molecule has 166 valence electrons. The summed E-state index contributed by atoms with van der Waals surface area (Å²) in [6.07, 6.45) is 0.333. The number of fused-ring (bicyclic) bond motifs is 5. The first-order valence-corrected chi connectivity index (χ1v) is 10.8. The van der Waals surface area contributed by atoms with Gasteiger partial charge in [-0.3, -0.25) is 4.79 Å². The van der Waals surface area contributed by atoms with Crippen LogP contribution in [-0.2, 0) is 23.5 Å². The number of hydrogen-bond acceptors (Lipinski definition) is 6. The first-order chi connectivity index (χ1) is 15.2. The Morgan fingerprint density at radius 2 is 2.09 bits per heavy atom. The fourth-order valence-corrected chi connectivity index (χ4v) is 5.07. The molecule has 2 aliphatic heterocycles. The summed E-state index contributed by atoms with van der Waals surface area (Å²) in [4.78, 5) is 18.3. The molecule has 0 bridgehead atoms. The van der Waals surface area contributed by atoms with E-state index >= 15 is 0 Å². The summed E-state index contributed by atoms with van der Waals surface area (Å²) in [6, 6.07) is 5.24. The number of hydrogen-bond donors (Lipinski definition) is 2. The van der Waals surface area contributed by atoms with Gasteiger partial charge in [-0.15, -0.1) is 0 Å². The minimum absolute atomic E-state index is 0.0500. The normalized spacial score (nSPS) is 19.0. The molecule has 0 saturated carbocycles. The van der Waals surface area contributed by atoms with Gasteiger partial charge in [-0.2, -0.15) is 0 Å². The zero-order valence-electron chi connectivity index (χ0n) is 18.7. The van der Waals surface area contributed by atoms with Crippen molar-refractivity contribution in [3.8, 4) is 22.9 Å². The van der Waals surface area contributed by atoms with Crippen LogP contribution in [0.25, 0.3) is 22.3 Å². The SMILES string of the molecule is C=C1OCc2c(cc3n(c2=O)Cc2c-3nc3ccc(O)c(C(C)C)c3c2OC)[C@@]1(O)CC. The Kier molecular flexibility index (Phi) is 4.40. The standard InChI is InChI=1S/C25H26N2O5/c1-6-25(30)13(4)32-11-15-16(25)9-18-22-14(10-27(18)24(15)29)23(31-5)21-17(26-22)7-8-19(28)20(21)12(2)3/h7-9,12,28,30H,4,6,10-11H2,1-3,5H3/t25-/m1/s1. The lowest BCUT2D eigenvalue weighted by Gasteiger charge is -2.35. The second-order valence-electron chi connectivity index (χ2n) is 8.76. The number of phenolic OH excluding ortho intramolecular Hbond substituents is 1. The third kappa shape index (κ3) is 2.51. The summed E-state index contributed by atoms with van der Waals surface area (Å²) < 4.78 is 13.1. The molecule has 2 aromatic heterocycles. The molecule has 0 saturated heterocycles. The van der Waals surface area contributed by atoms with Gasteiger partial charge in [0.25, 0.3) is 5.56 Å². The van der Waals surface area contributed by atoms with Crippen LogP contribution in [-0.4, -0.2) is 26.9 Å². The Balaban J connectivity index is 1.85. The molecule has 7 nitrogen and oxygen atoms in total. The molecule has 3 aromatic rings. The first-order valence-electron chi connectivity index (χ1n) is 10.8. The maximum absolute atomic E-state index is 13.4. The number of rotatable bonds is 3. The number of aromatic nitrogens is 2. The Hall–Kier alpha value is -3.32. The van der Waals surface area contributed by atoms with Crippen molar-refractivity contribution < 1.29 is 19.7 Å². The maximum Gasteiger partial charge on any atom is 0.258 e. The van der Waals surface area contributed by atoms with Crippen molar-refractivity contribution in [2.75, 3.05) is 7.11 Å². The zero-order chi connectivity index (χ0) is 22.9. The molecule has 0 fully saturated rings. The number of nitrogens with zero attached hydrogens (tertiary/aromatic N) is 2. The van der Waals surface area contributed by atoms with E-state index in [2.05, 4.69) is 6.58 Å². The summed E-state index contributed by atoms with van der Waals surface area (Å²) in [7, 11) is 1.59. The van der Waals surface area contributed by atoms with Crippen molar-refractivity contribution in [1.82, 2.24) is 9.55 Å². The average Bonchev–Trinajstić information content (AvgIpc) is 3.13. The zero-order valence-corrected chi connectivity index (χ0v) is 18.7. The van der Waals surface area contributed by atoms with Gasteiger partial charge in [-0.25, -0.2) is 4.98 Å². The third-order valence-corrected chi connectivity index (χ3v) is 6.77. The fraction of sp³-hybridized carbons (Fsp3) is 0.360. The highest BCUT2D eigenvalue weighted by Gasteiger charge is 2.41. The van der Waals surface area contributed by atoms with Crippen LogP contribution in [0.2, 0.25) is 0 Å². The van der Waals surface area contributed by atoms with Gasteiger partial charge < -0.3 is 24.3 Å². The van der Waals surface area contributed by atoms with Crippen LogP contribution in [0.4, 0.5) is 0 Å². The van der Waals surface area contributed by atoms with Gasteiger partial charge in [0, 0.05) is 22.1 Å². The largest absolute Gasteiger partial charge is 0.508 e. The van der Waals surface area contributed by atoms with Crippen LogP contribution in [0.1, 0.15) is 55.4 Å². The predicted octanol–water partition coefficient (Wildman–Crippen LogP) is 3.90. The number of aliphatic hydroxyl groups is 1. The molecule has 7 heteroatoms. The summed E-state index contributed by atoms with van der Waals surface area (Å²) in [5, 5.41) is 22.5. The first kappa shape index (κ1) is 20.6. The molecule has 2 N–H and O–H groups in total. The molecule has 0 amide bonds. The molecule has 4 heterocycles. The van der Waals surface area contributed by atoms with E-state index in [1.807, 2.05) is 26.8 Å². The lowest BCUT2D eigenvalue weighted by Crippen LogP contribution is -2.38. The summed E-state index contributed by atoms with van der Waals surface area (Å²) in [6.45, 7) is 10.1. The second-order valence-corrected chi connectivity index (χ2v) is 8.76. The van der Waals surface area contributed by atoms with Crippen LogP contribution >= 0.6 is 0 Å². The molecule has 0 spiro atoms. The van der Waals surface area contributed by atoms with E-state index in [0.717, 1.165) is 16.5 Å². The van der Waals surface area contributed by atoms with Gasteiger partial charge >= 0.3 is 0 Å². The van der Waals surface area contributed by atoms with Crippen LogP contribution in [0.5, 0.6) is 11.5 Å². The van der Waals surface area contributed by atoms with E-state index in [4.69, 9.17) is 14.5 Å². The lowest BCUT2D eigenvalue weighted by atomic mass is 9.84. The van der Waals surface area contributed by atoms with E-state index in [1.54, 1.807) is 23.8 Å². The molecule has 0 radical (unpaired) electrons. The Labute approximate surface area is 185 Å². The van der Waals surface area contributed by atoms with Crippen LogP contribution in [0, 0.1) is 0 Å². The van der Waals surface area contributed by atoms with Crippen molar-refractivity contribution >= 4 is 10.9 Å². The van der Waals surface area contributed by atoms with Gasteiger partial charge in [0.15, 0.2) is 0 Å². The third-order valence-electron chi connectivity index (χ3n) is 6.77. The van der Waals surface area contributed by atoms with Gasteiger partial charge in [0.2, 0.25) is 0 Å². The molecular weight excluding hydrogens is 408 g/mol. The van der Waals surface area contributed by atoms with Crippen LogP contribution in [0.15, 0.2) is 35.3 Å². The highest BCUT2D eigenvalue weighted by molar-refractivity contribution is 5.95. The van der Waals surface area contributed by atoms with Crippen molar-refractivity contribution in [3.05, 3.63) is 63.1 Å². The van der Waals surface area contributed by atoms with Crippen molar-refractivity contribution in [3.63, 3.8) is 0 Å². The highest BCUT2D eigenvalue weighted by atomic mass is 16.5. The molecule has 2 aliphatic rings. The van der Waals surface area contributed by atoms with Gasteiger partial charge in [-0.05, 0) is 30.5 Å². The molecular formula is C25H26N2O5. The Bertz CT molecular complexity index is 1370. The Morgan fingerprint density at radius 1 is 1.34 bits per heavy atom. The molecule has 0 aliphatic carbocycles. The quantitative estimate of drug-likeness (QED) is 0.508.